The first kappa shape index (κ1) is 15.0. The fourth-order valence-electron chi connectivity index (χ4n) is 2.32. The molecule has 1 unspecified atom stereocenters. The van der Waals surface area contributed by atoms with Gasteiger partial charge in [-0.1, -0.05) is 30.3 Å². The first-order chi connectivity index (χ1) is 9.69. The molecule has 1 aliphatic heterocycles. The van der Waals surface area contributed by atoms with E-state index in [0.29, 0.717) is 26.2 Å². The van der Waals surface area contributed by atoms with Crippen molar-refractivity contribution in [3.8, 4) is 0 Å². The molecule has 1 saturated heterocycles. The van der Waals surface area contributed by atoms with Crippen molar-refractivity contribution in [3.05, 3.63) is 35.9 Å². The molecule has 0 bridgehead atoms. The molecule has 20 heavy (non-hydrogen) atoms. The van der Waals surface area contributed by atoms with Crippen LogP contribution >= 0.6 is 0 Å². The Morgan fingerprint density at radius 1 is 1.45 bits per heavy atom. The lowest BCUT2D eigenvalue weighted by molar-refractivity contribution is -0.133. The summed E-state index contributed by atoms with van der Waals surface area (Å²) in [6, 6.07) is 10.0. The van der Waals surface area contributed by atoms with Crippen molar-refractivity contribution in [3.63, 3.8) is 0 Å². The van der Waals surface area contributed by atoms with Crippen molar-refractivity contribution < 1.29 is 9.53 Å². The lowest BCUT2D eigenvalue weighted by Gasteiger charge is -2.32. The van der Waals surface area contributed by atoms with Crippen molar-refractivity contribution in [1.29, 1.82) is 0 Å². The fourth-order valence-corrected chi connectivity index (χ4v) is 2.32. The van der Waals surface area contributed by atoms with Gasteiger partial charge in [-0.25, -0.2) is 0 Å². The van der Waals surface area contributed by atoms with E-state index in [2.05, 4.69) is 4.90 Å². The minimum absolute atomic E-state index is 0.0518. The Morgan fingerprint density at radius 2 is 2.20 bits per heavy atom. The fraction of sp³-hybridized carbons (Fsp3) is 0.533. The van der Waals surface area contributed by atoms with Gasteiger partial charge in [-0.05, 0) is 5.56 Å². The Kier molecular flexibility index (Phi) is 5.52. The molecule has 0 aromatic heterocycles. The molecule has 1 aromatic carbocycles. The smallest absolute Gasteiger partial charge is 0.236 e. The van der Waals surface area contributed by atoms with Gasteiger partial charge in [-0.3, -0.25) is 9.69 Å². The van der Waals surface area contributed by atoms with E-state index in [1.807, 2.05) is 37.4 Å². The van der Waals surface area contributed by atoms with E-state index in [4.69, 9.17) is 10.5 Å². The molecule has 0 aliphatic carbocycles. The molecule has 5 nitrogen and oxygen atoms in total. The molecule has 0 saturated carbocycles. The predicted octanol–water partition coefficient (Wildman–Crippen LogP) is 0.305. The van der Waals surface area contributed by atoms with Crippen molar-refractivity contribution in [2.75, 3.05) is 39.8 Å². The van der Waals surface area contributed by atoms with Crippen LogP contribution in [-0.2, 0) is 16.1 Å². The Morgan fingerprint density at radius 3 is 2.90 bits per heavy atom. The molecule has 110 valence electrons. The summed E-state index contributed by atoms with van der Waals surface area (Å²) in [5.41, 5.74) is 6.75. The molecule has 1 heterocycles. The van der Waals surface area contributed by atoms with E-state index in [9.17, 15) is 4.79 Å². The van der Waals surface area contributed by atoms with Crippen molar-refractivity contribution in [2.45, 2.75) is 12.6 Å². The summed E-state index contributed by atoms with van der Waals surface area (Å²) in [4.78, 5) is 16.1. The zero-order valence-corrected chi connectivity index (χ0v) is 12.0. The van der Waals surface area contributed by atoms with Crippen molar-refractivity contribution >= 4 is 5.91 Å². The van der Waals surface area contributed by atoms with E-state index in [1.54, 1.807) is 4.90 Å². The third-order valence-corrected chi connectivity index (χ3v) is 3.53. The van der Waals surface area contributed by atoms with Gasteiger partial charge in [0.25, 0.3) is 0 Å². The zero-order chi connectivity index (χ0) is 14.4. The number of hydrogen-bond donors (Lipinski definition) is 1. The van der Waals surface area contributed by atoms with E-state index in [1.165, 1.54) is 0 Å². The van der Waals surface area contributed by atoms with Gasteiger partial charge in [0.05, 0.1) is 19.3 Å². The van der Waals surface area contributed by atoms with Crippen LogP contribution in [0.1, 0.15) is 5.56 Å². The lowest BCUT2D eigenvalue weighted by atomic mass is 10.2. The Balaban J connectivity index is 1.81. The quantitative estimate of drug-likeness (QED) is 0.841. The first-order valence-corrected chi connectivity index (χ1v) is 7.01. The zero-order valence-electron chi connectivity index (χ0n) is 12.0. The number of rotatable bonds is 5. The molecule has 0 spiro atoms. The summed E-state index contributed by atoms with van der Waals surface area (Å²) >= 11 is 0. The number of carbonyl (C=O) groups is 1. The van der Waals surface area contributed by atoms with Gasteiger partial charge in [-0.15, -0.1) is 0 Å². The summed E-state index contributed by atoms with van der Waals surface area (Å²) in [5, 5.41) is 0. The predicted molar refractivity (Wildman–Crippen MR) is 78.2 cm³/mol. The van der Waals surface area contributed by atoms with E-state index in [0.717, 1.165) is 18.7 Å². The number of carbonyl (C=O) groups excluding carboxylic acids is 1. The Bertz CT molecular complexity index is 424. The topological polar surface area (TPSA) is 58.8 Å². The number of nitrogens with two attached hydrogens (primary N) is 1. The van der Waals surface area contributed by atoms with Gasteiger partial charge in [0.15, 0.2) is 0 Å². The van der Waals surface area contributed by atoms with Gasteiger partial charge < -0.3 is 15.4 Å². The molecule has 1 aliphatic rings. The minimum atomic E-state index is 0.0518. The second-order valence-electron chi connectivity index (χ2n) is 5.20. The third-order valence-electron chi connectivity index (χ3n) is 3.53. The highest BCUT2D eigenvalue weighted by atomic mass is 16.5. The molecule has 5 heteroatoms. The summed E-state index contributed by atoms with van der Waals surface area (Å²) in [5.74, 6) is 0.131. The molecule has 1 atom stereocenters. The molecule has 1 aromatic rings. The van der Waals surface area contributed by atoms with Gasteiger partial charge >= 0.3 is 0 Å². The van der Waals surface area contributed by atoms with Gasteiger partial charge in [-0.2, -0.15) is 0 Å². The monoisotopic (exact) mass is 277 g/mol. The summed E-state index contributed by atoms with van der Waals surface area (Å²) in [6.07, 6.45) is 0.0518. The number of nitrogens with zero attached hydrogens (tertiary/aromatic N) is 2. The Hall–Kier alpha value is -1.43. The largest absolute Gasteiger partial charge is 0.374 e. The highest BCUT2D eigenvalue weighted by molar-refractivity contribution is 5.78. The second kappa shape index (κ2) is 7.38. The van der Waals surface area contributed by atoms with Crippen LogP contribution in [0, 0.1) is 0 Å². The maximum absolute atomic E-state index is 12.2. The summed E-state index contributed by atoms with van der Waals surface area (Å²) in [7, 11) is 1.84. The van der Waals surface area contributed by atoms with Crippen molar-refractivity contribution in [2.24, 2.45) is 5.73 Å². The number of morpholine rings is 1. The molecule has 2 N–H and O–H groups in total. The number of ether oxygens (including phenoxy) is 1. The molecule has 1 fully saturated rings. The van der Waals surface area contributed by atoms with E-state index >= 15 is 0 Å². The second-order valence-corrected chi connectivity index (χ2v) is 5.20. The van der Waals surface area contributed by atoms with Crippen LogP contribution in [-0.4, -0.2) is 61.6 Å². The average molecular weight is 277 g/mol. The number of benzene rings is 1. The van der Waals surface area contributed by atoms with E-state index in [-0.39, 0.29) is 12.0 Å². The molecular weight excluding hydrogens is 254 g/mol. The molecular formula is C15H23N3O2. The first-order valence-electron chi connectivity index (χ1n) is 7.01. The van der Waals surface area contributed by atoms with Crippen LogP contribution < -0.4 is 5.73 Å². The minimum Gasteiger partial charge on any atom is -0.374 e. The van der Waals surface area contributed by atoms with Gasteiger partial charge in [0.2, 0.25) is 5.91 Å². The average Bonchev–Trinajstić information content (AvgIpc) is 2.48. The van der Waals surface area contributed by atoms with Gasteiger partial charge in [0, 0.05) is 33.2 Å². The number of hydrogen-bond acceptors (Lipinski definition) is 4. The van der Waals surface area contributed by atoms with Crippen molar-refractivity contribution in [1.82, 2.24) is 9.80 Å². The SMILES string of the molecule is CN(Cc1ccccc1)C(=O)CN1CCOC(CN)C1. The summed E-state index contributed by atoms with van der Waals surface area (Å²) in [6.45, 7) is 3.76. The van der Waals surface area contributed by atoms with Crippen LogP contribution in [0.2, 0.25) is 0 Å². The van der Waals surface area contributed by atoms with Crippen LogP contribution in [0.4, 0.5) is 0 Å². The summed E-state index contributed by atoms with van der Waals surface area (Å²) < 4.78 is 5.50. The number of amides is 1. The van der Waals surface area contributed by atoms with Gasteiger partial charge in [0.1, 0.15) is 0 Å². The number of likely N-dealkylation sites (N-methyl/N-ethyl adjacent to an activating group) is 1. The van der Waals surface area contributed by atoms with Crippen LogP contribution in [0.3, 0.4) is 0 Å². The highest BCUT2D eigenvalue weighted by Gasteiger charge is 2.22. The Labute approximate surface area is 120 Å². The highest BCUT2D eigenvalue weighted by Crippen LogP contribution is 2.06. The molecule has 2 rings (SSSR count). The third kappa shape index (κ3) is 4.30. The van der Waals surface area contributed by atoms with Crippen LogP contribution in [0.5, 0.6) is 0 Å². The standard InChI is InChI=1S/C15H23N3O2/c1-17(10-13-5-3-2-4-6-13)15(19)12-18-7-8-20-14(9-16)11-18/h2-6,14H,7-12,16H2,1H3. The molecule has 1 amide bonds. The lowest BCUT2D eigenvalue weighted by Crippen LogP contribution is -2.49. The maximum Gasteiger partial charge on any atom is 0.236 e. The normalized spacial score (nSPS) is 19.8. The van der Waals surface area contributed by atoms with E-state index < -0.39 is 0 Å². The van der Waals surface area contributed by atoms with Crippen LogP contribution in [0.15, 0.2) is 30.3 Å². The molecule has 0 radical (unpaired) electrons. The maximum atomic E-state index is 12.2. The van der Waals surface area contributed by atoms with Crippen LogP contribution in [0.25, 0.3) is 0 Å².